The average Bonchev–Trinajstić information content (AvgIpc) is 2.78. The molecule has 144 valence electrons. The van der Waals surface area contributed by atoms with E-state index in [0.29, 0.717) is 12.2 Å². The molecule has 0 saturated carbocycles. The number of nitrogens with zero attached hydrogens (tertiary/aromatic N) is 1. The number of fused-ring (bicyclic) bond motifs is 1. The van der Waals surface area contributed by atoms with Crippen molar-refractivity contribution in [1.29, 1.82) is 0 Å². The number of carbonyl (C=O) groups excluding carboxylic acids is 1. The van der Waals surface area contributed by atoms with Gasteiger partial charge < -0.3 is 18.2 Å². The van der Waals surface area contributed by atoms with Crippen molar-refractivity contribution in [2.24, 2.45) is 0 Å². The molecular formula is C19H28NO5P. The van der Waals surface area contributed by atoms with Crippen LogP contribution < -0.4 is 0 Å². The Labute approximate surface area is 155 Å². The van der Waals surface area contributed by atoms with E-state index < -0.39 is 7.60 Å². The Bertz CT molecular complexity index is 811. The van der Waals surface area contributed by atoms with Gasteiger partial charge >= 0.3 is 13.6 Å². The maximum atomic E-state index is 13.3. The van der Waals surface area contributed by atoms with Crippen LogP contribution in [0.15, 0.2) is 24.4 Å². The van der Waals surface area contributed by atoms with E-state index in [1.807, 2.05) is 63.4 Å². The van der Waals surface area contributed by atoms with Gasteiger partial charge in [0.1, 0.15) is 0 Å². The van der Waals surface area contributed by atoms with E-state index >= 15 is 0 Å². The molecule has 2 rings (SSSR count). The minimum absolute atomic E-state index is 0.0831. The standard InChI is InChI=1S/C19H28NO5P/c1-7-23-19(21)18-15(6)17(20-11-9-8-10-16(18)20)12-26(22,24-13(2)3)25-14(4)5/h8-11,13-14H,7,12H2,1-6H3. The van der Waals surface area contributed by atoms with Crippen LogP contribution in [-0.2, 0) is 24.5 Å². The van der Waals surface area contributed by atoms with Crippen LogP contribution in [0.4, 0.5) is 0 Å². The van der Waals surface area contributed by atoms with Gasteiger partial charge in [-0.2, -0.15) is 0 Å². The predicted molar refractivity (Wildman–Crippen MR) is 102 cm³/mol. The van der Waals surface area contributed by atoms with E-state index in [0.717, 1.165) is 16.8 Å². The third-order valence-electron chi connectivity index (χ3n) is 3.78. The molecule has 6 nitrogen and oxygen atoms in total. The molecule has 0 amide bonds. The monoisotopic (exact) mass is 381 g/mol. The molecule has 0 atom stereocenters. The van der Waals surface area contributed by atoms with Crippen molar-refractivity contribution in [3.63, 3.8) is 0 Å². The van der Waals surface area contributed by atoms with Crippen LogP contribution in [0.5, 0.6) is 0 Å². The molecule has 0 saturated heterocycles. The highest BCUT2D eigenvalue weighted by atomic mass is 31.2. The Hall–Kier alpha value is -1.62. The normalized spacial score (nSPS) is 12.3. The topological polar surface area (TPSA) is 66.2 Å². The molecule has 2 aromatic rings. The summed E-state index contributed by atoms with van der Waals surface area (Å²) in [4.78, 5) is 12.4. The molecule has 0 radical (unpaired) electrons. The second-order valence-corrected chi connectivity index (χ2v) is 8.66. The zero-order valence-electron chi connectivity index (χ0n) is 16.3. The second kappa shape index (κ2) is 8.38. The lowest BCUT2D eigenvalue weighted by molar-refractivity contribution is 0.0527. The summed E-state index contributed by atoms with van der Waals surface area (Å²) in [5.41, 5.74) is 2.67. The van der Waals surface area contributed by atoms with Gasteiger partial charge in [-0.25, -0.2) is 4.79 Å². The van der Waals surface area contributed by atoms with Crippen molar-refractivity contribution in [2.45, 2.75) is 59.9 Å². The maximum absolute atomic E-state index is 13.3. The Morgan fingerprint density at radius 2 is 1.77 bits per heavy atom. The van der Waals surface area contributed by atoms with Gasteiger partial charge in [-0.15, -0.1) is 0 Å². The summed E-state index contributed by atoms with van der Waals surface area (Å²) in [6.07, 6.45) is 1.45. The molecule has 0 fully saturated rings. The van der Waals surface area contributed by atoms with E-state index in [4.69, 9.17) is 13.8 Å². The fraction of sp³-hybridized carbons (Fsp3) is 0.526. The number of esters is 1. The van der Waals surface area contributed by atoms with E-state index in [2.05, 4.69) is 0 Å². The van der Waals surface area contributed by atoms with Gasteiger partial charge in [0.2, 0.25) is 0 Å². The van der Waals surface area contributed by atoms with Crippen LogP contribution in [-0.4, -0.2) is 29.2 Å². The summed E-state index contributed by atoms with van der Waals surface area (Å²) < 4.78 is 31.8. The first-order valence-electron chi connectivity index (χ1n) is 8.90. The first-order valence-corrected chi connectivity index (χ1v) is 10.6. The van der Waals surface area contributed by atoms with Gasteiger partial charge in [-0.3, -0.25) is 4.57 Å². The molecular weight excluding hydrogens is 353 g/mol. The first kappa shape index (κ1) is 20.7. The summed E-state index contributed by atoms with van der Waals surface area (Å²) in [6, 6.07) is 5.57. The second-order valence-electron chi connectivity index (χ2n) is 6.70. The van der Waals surface area contributed by atoms with Crippen molar-refractivity contribution in [3.05, 3.63) is 41.2 Å². The van der Waals surface area contributed by atoms with Gasteiger partial charge in [0.25, 0.3) is 0 Å². The summed E-state index contributed by atoms with van der Waals surface area (Å²) in [5, 5.41) is 0. The summed E-state index contributed by atoms with van der Waals surface area (Å²) in [5.74, 6) is -0.385. The zero-order valence-corrected chi connectivity index (χ0v) is 17.2. The fourth-order valence-electron chi connectivity index (χ4n) is 2.98. The molecule has 2 aromatic heterocycles. The van der Waals surface area contributed by atoms with Crippen LogP contribution >= 0.6 is 7.60 Å². The SMILES string of the molecule is CCOC(=O)c1c(C)c(CP(=O)(OC(C)C)OC(C)C)n2ccccc12. The number of carbonyl (C=O) groups is 1. The molecule has 7 heteroatoms. The molecule has 0 aliphatic carbocycles. The summed E-state index contributed by atoms with van der Waals surface area (Å²) in [7, 11) is -3.39. The average molecular weight is 381 g/mol. The lowest BCUT2D eigenvalue weighted by Gasteiger charge is -2.23. The number of pyridine rings is 1. The van der Waals surface area contributed by atoms with E-state index in [9.17, 15) is 9.36 Å². The molecule has 26 heavy (non-hydrogen) atoms. The smallest absolute Gasteiger partial charge is 0.340 e. The minimum atomic E-state index is -3.39. The molecule has 0 aliphatic rings. The lowest BCUT2D eigenvalue weighted by Crippen LogP contribution is -2.11. The highest BCUT2D eigenvalue weighted by molar-refractivity contribution is 7.53. The largest absolute Gasteiger partial charge is 0.462 e. The molecule has 0 aromatic carbocycles. The highest BCUT2D eigenvalue weighted by Crippen LogP contribution is 2.54. The highest BCUT2D eigenvalue weighted by Gasteiger charge is 2.32. The maximum Gasteiger partial charge on any atom is 0.340 e. The van der Waals surface area contributed by atoms with Gasteiger partial charge in [0, 0.05) is 11.9 Å². The van der Waals surface area contributed by atoms with Crippen molar-refractivity contribution in [3.8, 4) is 0 Å². The third-order valence-corrected chi connectivity index (χ3v) is 5.95. The van der Waals surface area contributed by atoms with Crippen LogP contribution in [0, 0.1) is 6.92 Å². The molecule has 0 aliphatic heterocycles. The molecule has 2 heterocycles. The summed E-state index contributed by atoms with van der Waals surface area (Å²) >= 11 is 0. The number of rotatable bonds is 8. The van der Waals surface area contributed by atoms with Gasteiger partial charge in [-0.1, -0.05) is 6.07 Å². The minimum Gasteiger partial charge on any atom is -0.462 e. The van der Waals surface area contributed by atoms with E-state index in [1.54, 1.807) is 6.92 Å². The zero-order chi connectivity index (χ0) is 19.5. The van der Waals surface area contributed by atoms with Gasteiger partial charge in [-0.05, 0) is 59.2 Å². The number of hydrogen-bond donors (Lipinski definition) is 0. The third kappa shape index (κ3) is 4.56. The molecule has 0 bridgehead atoms. The molecule has 0 spiro atoms. The number of aromatic nitrogens is 1. The van der Waals surface area contributed by atoms with Crippen LogP contribution in [0.1, 0.15) is 56.2 Å². The fourth-order valence-corrected chi connectivity index (χ4v) is 5.22. The quantitative estimate of drug-likeness (QED) is 0.477. The summed E-state index contributed by atoms with van der Waals surface area (Å²) in [6.45, 7) is 11.2. The predicted octanol–water partition coefficient (Wildman–Crippen LogP) is 4.97. The lowest BCUT2D eigenvalue weighted by atomic mass is 10.1. The number of ether oxygens (including phenoxy) is 1. The molecule has 0 N–H and O–H groups in total. The Morgan fingerprint density at radius 1 is 1.15 bits per heavy atom. The van der Waals surface area contributed by atoms with Crippen LogP contribution in [0.2, 0.25) is 0 Å². The number of hydrogen-bond acceptors (Lipinski definition) is 5. The van der Waals surface area contributed by atoms with Crippen molar-refractivity contribution in [1.82, 2.24) is 4.40 Å². The van der Waals surface area contributed by atoms with Crippen molar-refractivity contribution >= 4 is 19.1 Å². The van der Waals surface area contributed by atoms with E-state index in [1.165, 1.54) is 0 Å². The molecule has 0 unspecified atom stereocenters. The van der Waals surface area contributed by atoms with Crippen LogP contribution in [0.25, 0.3) is 5.52 Å². The van der Waals surface area contributed by atoms with E-state index in [-0.39, 0.29) is 24.3 Å². The van der Waals surface area contributed by atoms with Crippen molar-refractivity contribution < 1.29 is 23.1 Å². The van der Waals surface area contributed by atoms with Crippen LogP contribution in [0.3, 0.4) is 0 Å². The van der Waals surface area contributed by atoms with Gasteiger partial charge in [0.15, 0.2) is 0 Å². The Balaban J connectivity index is 2.56. The Kier molecular flexibility index (Phi) is 6.67. The Morgan fingerprint density at radius 3 is 2.31 bits per heavy atom. The van der Waals surface area contributed by atoms with Crippen molar-refractivity contribution in [2.75, 3.05) is 6.61 Å². The first-order chi connectivity index (χ1) is 12.2. The van der Waals surface area contributed by atoms with Gasteiger partial charge in [0.05, 0.1) is 36.1 Å².